The molecule has 1 aliphatic heterocycles. The maximum atomic E-state index is 12.9. The lowest BCUT2D eigenvalue weighted by Gasteiger charge is -2.39. The second-order valence-electron chi connectivity index (χ2n) is 7.95. The highest BCUT2D eigenvalue weighted by molar-refractivity contribution is 5.79. The van der Waals surface area contributed by atoms with E-state index < -0.39 is 0 Å². The van der Waals surface area contributed by atoms with E-state index in [9.17, 15) is 4.79 Å². The highest BCUT2D eigenvalue weighted by Crippen LogP contribution is 2.33. The van der Waals surface area contributed by atoms with E-state index >= 15 is 0 Å². The topological polar surface area (TPSA) is 52.2 Å². The summed E-state index contributed by atoms with van der Waals surface area (Å²) in [5.74, 6) is 1.56. The Morgan fingerprint density at radius 2 is 1.80 bits per heavy atom. The fourth-order valence-corrected chi connectivity index (χ4v) is 4.61. The van der Waals surface area contributed by atoms with Crippen LogP contribution in [0.15, 0.2) is 0 Å². The van der Waals surface area contributed by atoms with Gasteiger partial charge in [-0.1, -0.05) is 26.2 Å². The van der Waals surface area contributed by atoms with E-state index in [0.29, 0.717) is 5.91 Å². The molecular formula is C20H34N4O. The first kappa shape index (κ1) is 18.3. The number of unbranched alkanes of at least 4 members (excludes halogenated alkanes) is 1. The molecule has 0 bridgehead atoms. The van der Waals surface area contributed by atoms with Crippen LogP contribution in [0.25, 0.3) is 0 Å². The number of H-pyrrole nitrogens is 1. The summed E-state index contributed by atoms with van der Waals surface area (Å²) in [5, 5.41) is 7.37. The molecule has 0 spiro atoms. The minimum absolute atomic E-state index is 0.279. The van der Waals surface area contributed by atoms with E-state index in [0.717, 1.165) is 56.3 Å². The molecule has 0 atom stereocenters. The first-order valence-corrected chi connectivity index (χ1v) is 10.2. The van der Waals surface area contributed by atoms with Crippen molar-refractivity contribution < 1.29 is 4.79 Å². The van der Waals surface area contributed by atoms with E-state index in [-0.39, 0.29) is 5.92 Å². The largest absolute Gasteiger partial charge is 0.365 e. The van der Waals surface area contributed by atoms with Crippen LogP contribution in [0.4, 0.5) is 5.69 Å². The van der Waals surface area contributed by atoms with Crippen LogP contribution >= 0.6 is 0 Å². The van der Waals surface area contributed by atoms with E-state index in [1.165, 1.54) is 37.8 Å². The number of rotatable bonds is 5. The quantitative estimate of drug-likeness (QED) is 0.885. The Kier molecular flexibility index (Phi) is 6.02. The van der Waals surface area contributed by atoms with Crippen molar-refractivity contribution in [2.45, 2.75) is 65.7 Å². The van der Waals surface area contributed by atoms with Crippen molar-refractivity contribution in [1.82, 2.24) is 15.1 Å². The van der Waals surface area contributed by atoms with Gasteiger partial charge in [-0.25, -0.2) is 0 Å². The van der Waals surface area contributed by atoms with Crippen LogP contribution in [-0.4, -0.2) is 47.2 Å². The molecule has 25 heavy (non-hydrogen) atoms. The number of piperazine rings is 1. The highest BCUT2D eigenvalue weighted by Gasteiger charge is 2.31. The third-order valence-corrected chi connectivity index (χ3v) is 6.16. The van der Waals surface area contributed by atoms with Crippen molar-refractivity contribution in [3.05, 3.63) is 11.4 Å². The standard InChI is InChI=1S/C20H34N4O/c1-4-5-6-17-7-9-18(10-8-17)20(25)24-13-11-23(12-14-24)19-15(2)21-22-16(19)3/h17-18H,4-14H2,1-3H3,(H,21,22). The van der Waals surface area contributed by atoms with E-state index in [1.54, 1.807) is 0 Å². The number of aromatic nitrogens is 2. The molecule has 140 valence electrons. The molecule has 3 rings (SSSR count). The number of nitrogens with zero attached hydrogens (tertiary/aromatic N) is 3. The number of amides is 1. The molecule has 0 unspecified atom stereocenters. The molecule has 1 saturated heterocycles. The van der Waals surface area contributed by atoms with Crippen molar-refractivity contribution in [1.29, 1.82) is 0 Å². The Bertz CT molecular complexity index is 547. The highest BCUT2D eigenvalue weighted by atomic mass is 16.2. The molecule has 2 heterocycles. The number of nitrogens with one attached hydrogen (secondary N) is 1. The molecular weight excluding hydrogens is 312 g/mol. The minimum atomic E-state index is 0.279. The van der Waals surface area contributed by atoms with Crippen molar-refractivity contribution in [2.24, 2.45) is 11.8 Å². The number of aromatic amines is 1. The zero-order valence-electron chi connectivity index (χ0n) is 16.2. The van der Waals surface area contributed by atoms with Gasteiger partial charge < -0.3 is 9.80 Å². The molecule has 2 aliphatic rings. The van der Waals surface area contributed by atoms with Crippen molar-refractivity contribution >= 4 is 11.6 Å². The van der Waals surface area contributed by atoms with Crippen molar-refractivity contribution in [2.75, 3.05) is 31.1 Å². The van der Waals surface area contributed by atoms with Crippen LogP contribution in [0.3, 0.4) is 0 Å². The Balaban J connectivity index is 1.48. The van der Waals surface area contributed by atoms with Gasteiger partial charge in [-0.15, -0.1) is 0 Å². The third kappa shape index (κ3) is 4.18. The lowest BCUT2D eigenvalue weighted by Crippen LogP contribution is -2.51. The van der Waals surface area contributed by atoms with Gasteiger partial charge in [0.2, 0.25) is 5.91 Å². The SMILES string of the molecule is CCCCC1CCC(C(=O)N2CCN(c3c(C)n[nH]c3C)CC2)CC1. The van der Waals surface area contributed by atoms with E-state index in [4.69, 9.17) is 0 Å². The fraction of sp³-hybridized carbons (Fsp3) is 0.800. The molecule has 1 aromatic heterocycles. The molecule has 1 saturated carbocycles. The van der Waals surface area contributed by atoms with Crippen molar-refractivity contribution in [3.63, 3.8) is 0 Å². The summed E-state index contributed by atoms with van der Waals surface area (Å²) in [6.07, 6.45) is 8.71. The normalized spacial score (nSPS) is 24.6. The van der Waals surface area contributed by atoms with Gasteiger partial charge in [0, 0.05) is 32.1 Å². The first-order chi connectivity index (χ1) is 12.1. The molecule has 2 fully saturated rings. The summed E-state index contributed by atoms with van der Waals surface area (Å²) in [4.78, 5) is 17.4. The minimum Gasteiger partial charge on any atom is -0.365 e. The molecule has 1 aromatic rings. The van der Waals surface area contributed by atoms with Gasteiger partial charge >= 0.3 is 0 Å². The summed E-state index contributed by atoms with van der Waals surface area (Å²) in [6, 6.07) is 0. The number of anilines is 1. The van der Waals surface area contributed by atoms with Crippen LogP contribution in [0.2, 0.25) is 0 Å². The second kappa shape index (κ2) is 8.24. The molecule has 0 radical (unpaired) electrons. The average Bonchev–Trinajstić information content (AvgIpc) is 2.98. The number of carbonyl (C=O) groups is 1. The number of hydrogen-bond acceptors (Lipinski definition) is 3. The molecule has 1 N–H and O–H groups in total. The van der Waals surface area contributed by atoms with Gasteiger partial charge in [0.05, 0.1) is 17.1 Å². The Morgan fingerprint density at radius 1 is 1.12 bits per heavy atom. The van der Waals surface area contributed by atoms with Gasteiger partial charge in [0.15, 0.2) is 0 Å². The summed E-state index contributed by atoms with van der Waals surface area (Å²) < 4.78 is 0. The monoisotopic (exact) mass is 346 g/mol. The van der Waals surface area contributed by atoms with E-state index in [1.807, 2.05) is 6.92 Å². The molecule has 5 nitrogen and oxygen atoms in total. The number of carbonyl (C=O) groups excluding carboxylic acids is 1. The van der Waals surface area contributed by atoms with Gasteiger partial charge in [-0.2, -0.15) is 5.10 Å². The number of hydrogen-bond donors (Lipinski definition) is 1. The summed E-state index contributed by atoms with van der Waals surface area (Å²) in [7, 11) is 0. The first-order valence-electron chi connectivity index (χ1n) is 10.2. The van der Waals surface area contributed by atoms with Crippen LogP contribution in [0.5, 0.6) is 0 Å². The molecule has 0 aromatic carbocycles. The maximum absolute atomic E-state index is 12.9. The predicted molar refractivity (Wildman–Crippen MR) is 102 cm³/mol. The maximum Gasteiger partial charge on any atom is 0.225 e. The third-order valence-electron chi connectivity index (χ3n) is 6.16. The Hall–Kier alpha value is -1.52. The lowest BCUT2D eigenvalue weighted by atomic mass is 9.79. The zero-order valence-corrected chi connectivity index (χ0v) is 16.2. The smallest absolute Gasteiger partial charge is 0.225 e. The van der Waals surface area contributed by atoms with Crippen LogP contribution in [0.1, 0.15) is 63.3 Å². The zero-order chi connectivity index (χ0) is 17.8. The summed E-state index contributed by atoms with van der Waals surface area (Å²) in [6.45, 7) is 9.91. The molecule has 5 heteroatoms. The second-order valence-corrected chi connectivity index (χ2v) is 7.95. The average molecular weight is 347 g/mol. The molecule has 1 amide bonds. The van der Waals surface area contributed by atoms with Crippen molar-refractivity contribution in [3.8, 4) is 0 Å². The number of aryl methyl sites for hydroxylation is 2. The Morgan fingerprint density at radius 3 is 2.36 bits per heavy atom. The predicted octanol–water partition coefficient (Wildman–Crippen LogP) is 3.67. The van der Waals surface area contributed by atoms with Gasteiger partial charge in [0.1, 0.15) is 0 Å². The Labute approximate surface area is 152 Å². The molecule has 1 aliphatic carbocycles. The van der Waals surface area contributed by atoms with Crippen LogP contribution < -0.4 is 4.90 Å². The van der Waals surface area contributed by atoms with Gasteiger partial charge in [-0.05, 0) is 45.4 Å². The van der Waals surface area contributed by atoms with Gasteiger partial charge in [-0.3, -0.25) is 9.89 Å². The lowest BCUT2D eigenvalue weighted by molar-refractivity contribution is -0.137. The summed E-state index contributed by atoms with van der Waals surface area (Å²) in [5.41, 5.74) is 3.41. The van der Waals surface area contributed by atoms with E-state index in [2.05, 4.69) is 33.8 Å². The van der Waals surface area contributed by atoms with Gasteiger partial charge in [0.25, 0.3) is 0 Å². The fourth-order valence-electron chi connectivity index (χ4n) is 4.61. The van der Waals surface area contributed by atoms with Crippen LogP contribution in [0, 0.1) is 25.7 Å². The summed E-state index contributed by atoms with van der Waals surface area (Å²) >= 11 is 0. The van der Waals surface area contributed by atoms with Crippen LogP contribution in [-0.2, 0) is 4.79 Å².